The number of benzene rings is 2. The van der Waals surface area contributed by atoms with Crippen LogP contribution < -0.4 is 0 Å². The fraction of sp³-hybridized carbons (Fsp3) is 0.438. The molecule has 2 heteroatoms. The van der Waals surface area contributed by atoms with E-state index >= 15 is 0 Å². The van der Waals surface area contributed by atoms with Crippen LogP contribution in [0.25, 0.3) is 5.57 Å². The van der Waals surface area contributed by atoms with Gasteiger partial charge in [-0.3, -0.25) is 9.59 Å². The van der Waals surface area contributed by atoms with Crippen molar-refractivity contribution in [3.05, 3.63) is 89.0 Å². The molecule has 3 atom stereocenters. The van der Waals surface area contributed by atoms with Crippen LogP contribution in [0.1, 0.15) is 87.1 Å². The van der Waals surface area contributed by atoms with Gasteiger partial charge >= 0.3 is 0 Å². The number of carbonyl (C=O) groups is 2. The number of carbonyl (C=O) groups excluding carboxylic acids is 2. The summed E-state index contributed by atoms with van der Waals surface area (Å²) in [6.45, 7) is 16.9. The summed E-state index contributed by atoms with van der Waals surface area (Å²) < 4.78 is 0. The van der Waals surface area contributed by atoms with Gasteiger partial charge in [-0.15, -0.1) is 0 Å². The van der Waals surface area contributed by atoms with Gasteiger partial charge < -0.3 is 0 Å². The lowest BCUT2D eigenvalue weighted by Gasteiger charge is -2.24. The molecule has 0 fully saturated rings. The van der Waals surface area contributed by atoms with Crippen LogP contribution in [-0.4, -0.2) is 11.6 Å². The van der Waals surface area contributed by atoms with Crippen molar-refractivity contribution in [2.75, 3.05) is 0 Å². The molecule has 0 heterocycles. The average molecular weight is 457 g/mol. The highest BCUT2D eigenvalue weighted by atomic mass is 16.1. The molecule has 0 saturated carbocycles. The van der Waals surface area contributed by atoms with Crippen molar-refractivity contribution in [1.29, 1.82) is 0 Å². The van der Waals surface area contributed by atoms with E-state index in [2.05, 4.69) is 64.3 Å². The molecular weight excluding hydrogens is 416 g/mol. The predicted molar refractivity (Wildman–Crippen MR) is 143 cm³/mol. The van der Waals surface area contributed by atoms with Gasteiger partial charge in [-0.2, -0.15) is 0 Å². The lowest BCUT2D eigenvalue weighted by atomic mass is 9.79. The molecule has 0 amide bonds. The van der Waals surface area contributed by atoms with Crippen molar-refractivity contribution in [3.63, 3.8) is 0 Å². The number of Topliss-reactive ketones (excluding diaryl/α,β-unsaturated/α-hetero) is 2. The first-order chi connectivity index (χ1) is 16.2. The molecule has 0 aliphatic heterocycles. The number of fused-ring (bicyclic) bond motifs is 1. The Morgan fingerprint density at radius 3 is 2.44 bits per heavy atom. The smallest absolute Gasteiger partial charge is 0.141 e. The Morgan fingerprint density at radius 1 is 1.03 bits per heavy atom. The minimum absolute atomic E-state index is 0.148. The van der Waals surface area contributed by atoms with Crippen LogP contribution >= 0.6 is 0 Å². The molecule has 1 aliphatic rings. The molecule has 0 aromatic heterocycles. The minimum atomic E-state index is -0.278. The Kier molecular flexibility index (Phi) is 8.83. The molecule has 2 nitrogen and oxygen atoms in total. The second kappa shape index (κ2) is 11.6. The number of ketones is 2. The van der Waals surface area contributed by atoms with E-state index in [4.69, 9.17) is 0 Å². The van der Waals surface area contributed by atoms with Crippen molar-refractivity contribution < 1.29 is 9.59 Å². The van der Waals surface area contributed by atoms with Gasteiger partial charge in [0, 0.05) is 24.7 Å². The summed E-state index contributed by atoms with van der Waals surface area (Å²) >= 11 is 0. The molecule has 0 N–H and O–H groups in total. The van der Waals surface area contributed by atoms with E-state index < -0.39 is 0 Å². The van der Waals surface area contributed by atoms with Gasteiger partial charge in [-0.05, 0) is 71.4 Å². The summed E-state index contributed by atoms with van der Waals surface area (Å²) in [6.07, 6.45) is 5.07. The summed E-state index contributed by atoms with van der Waals surface area (Å²) in [5.74, 6) is 0.0843. The van der Waals surface area contributed by atoms with Gasteiger partial charge in [0.05, 0.1) is 0 Å². The maximum Gasteiger partial charge on any atom is 0.141 e. The maximum absolute atomic E-state index is 13.4. The van der Waals surface area contributed by atoms with Crippen molar-refractivity contribution in [1.82, 2.24) is 0 Å². The van der Waals surface area contributed by atoms with Crippen LogP contribution in [0.3, 0.4) is 0 Å². The SMILES string of the molecule is C=C1Cc2ccccc2C(C(=O)CC(C)C(=O)CCC(=C)c2ccc(CC)c(CC)c2)C(C)C1. The third-order valence-electron chi connectivity index (χ3n) is 7.46. The monoisotopic (exact) mass is 456 g/mol. The molecular formula is C32H40O2. The Hall–Kier alpha value is -2.74. The predicted octanol–water partition coefficient (Wildman–Crippen LogP) is 7.69. The number of aryl methyl sites for hydroxylation is 2. The van der Waals surface area contributed by atoms with Crippen molar-refractivity contribution in [2.45, 2.75) is 78.6 Å². The van der Waals surface area contributed by atoms with Crippen LogP contribution in [0.5, 0.6) is 0 Å². The van der Waals surface area contributed by atoms with E-state index in [1.807, 2.05) is 19.1 Å². The number of hydrogen-bond acceptors (Lipinski definition) is 2. The number of hydrogen-bond donors (Lipinski definition) is 0. The topological polar surface area (TPSA) is 34.1 Å². The van der Waals surface area contributed by atoms with E-state index in [1.165, 1.54) is 22.3 Å². The maximum atomic E-state index is 13.4. The highest BCUT2D eigenvalue weighted by Gasteiger charge is 2.32. The van der Waals surface area contributed by atoms with Gasteiger partial charge in [-0.25, -0.2) is 0 Å². The molecule has 2 aromatic carbocycles. The molecule has 3 rings (SSSR count). The van der Waals surface area contributed by atoms with Crippen molar-refractivity contribution in [2.24, 2.45) is 11.8 Å². The van der Waals surface area contributed by atoms with Crippen molar-refractivity contribution >= 4 is 17.1 Å². The van der Waals surface area contributed by atoms with Crippen LogP contribution in [0.4, 0.5) is 0 Å². The van der Waals surface area contributed by atoms with Gasteiger partial charge in [-0.1, -0.05) is 88.9 Å². The molecule has 0 radical (unpaired) electrons. The zero-order chi connectivity index (χ0) is 24.8. The number of rotatable bonds is 10. The molecule has 0 spiro atoms. The molecule has 1 aliphatic carbocycles. The second-order valence-corrected chi connectivity index (χ2v) is 10.1. The Morgan fingerprint density at radius 2 is 1.74 bits per heavy atom. The summed E-state index contributed by atoms with van der Waals surface area (Å²) in [5.41, 5.74) is 8.34. The first-order valence-electron chi connectivity index (χ1n) is 12.8. The van der Waals surface area contributed by atoms with E-state index in [-0.39, 0.29) is 29.3 Å². The molecule has 2 aromatic rings. The summed E-state index contributed by atoms with van der Waals surface area (Å²) in [6, 6.07) is 14.8. The van der Waals surface area contributed by atoms with Crippen LogP contribution in [0.15, 0.2) is 61.2 Å². The molecule has 3 unspecified atom stereocenters. The molecule has 0 bridgehead atoms. The molecule has 34 heavy (non-hydrogen) atoms. The summed E-state index contributed by atoms with van der Waals surface area (Å²) in [7, 11) is 0. The lowest BCUT2D eigenvalue weighted by molar-refractivity contribution is -0.128. The standard InChI is InChI=1S/C32H40O2/c1-7-25-14-15-27(20-26(25)8-2)22(4)13-16-30(33)23(5)19-31(34)32-24(6)17-21(3)18-28-11-9-10-12-29(28)32/h9-12,14-15,20,23-24,32H,3-4,7-8,13,16-19H2,1-2,5-6H3. The Labute approximate surface area is 206 Å². The fourth-order valence-electron chi connectivity index (χ4n) is 5.44. The Bertz CT molecular complexity index is 1070. The zero-order valence-electron chi connectivity index (χ0n) is 21.5. The van der Waals surface area contributed by atoms with E-state index in [0.717, 1.165) is 42.4 Å². The van der Waals surface area contributed by atoms with Gasteiger partial charge in [0.25, 0.3) is 0 Å². The summed E-state index contributed by atoms with van der Waals surface area (Å²) in [4.78, 5) is 26.4. The van der Waals surface area contributed by atoms with Gasteiger partial charge in [0.15, 0.2) is 0 Å². The lowest BCUT2D eigenvalue weighted by Crippen LogP contribution is -2.24. The largest absolute Gasteiger partial charge is 0.299 e. The van der Waals surface area contributed by atoms with Gasteiger partial charge in [0.2, 0.25) is 0 Å². The second-order valence-electron chi connectivity index (χ2n) is 10.1. The number of allylic oxidation sites excluding steroid dienone is 2. The summed E-state index contributed by atoms with van der Waals surface area (Å²) in [5, 5.41) is 0. The van der Waals surface area contributed by atoms with E-state index in [0.29, 0.717) is 19.3 Å². The van der Waals surface area contributed by atoms with Gasteiger partial charge in [0.1, 0.15) is 11.6 Å². The minimum Gasteiger partial charge on any atom is -0.299 e. The van der Waals surface area contributed by atoms with Crippen LogP contribution in [0, 0.1) is 11.8 Å². The highest BCUT2D eigenvalue weighted by molar-refractivity contribution is 5.92. The Balaban J connectivity index is 1.63. The first-order valence-corrected chi connectivity index (χ1v) is 12.8. The zero-order valence-corrected chi connectivity index (χ0v) is 21.5. The van der Waals surface area contributed by atoms with E-state index in [1.54, 1.807) is 0 Å². The first kappa shape index (κ1) is 25.9. The fourth-order valence-corrected chi connectivity index (χ4v) is 5.44. The van der Waals surface area contributed by atoms with E-state index in [9.17, 15) is 9.59 Å². The van der Waals surface area contributed by atoms with Crippen LogP contribution in [0.2, 0.25) is 0 Å². The third-order valence-corrected chi connectivity index (χ3v) is 7.46. The normalized spacial score (nSPS) is 18.6. The van der Waals surface area contributed by atoms with Crippen LogP contribution in [-0.2, 0) is 28.9 Å². The quantitative estimate of drug-likeness (QED) is 0.271. The highest BCUT2D eigenvalue weighted by Crippen LogP contribution is 2.38. The molecule has 180 valence electrons. The molecule has 0 saturated heterocycles. The third kappa shape index (κ3) is 6.03. The average Bonchev–Trinajstić information content (AvgIpc) is 2.95. The van der Waals surface area contributed by atoms with Crippen molar-refractivity contribution in [3.8, 4) is 0 Å².